The van der Waals surface area contributed by atoms with Gasteiger partial charge in [0, 0.05) is 49.9 Å². The van der Waals surface area contributed by atoms with E-state index in [1.165, 1.54) is 38.3 Å². The van der Waals surface area contributed by atoms with E-state index in [2.05, 4.69) is 31.2 Å². The first-order valence-corrected chi connectivity index (χ1v) is 14.1. The van der Waals surface area contributed by atoms with E-state index in [4.69, 9.17) is 15.5 Å². The minimum absolute atomic E-state index is 0.0446. The number of rotatable bonds is 6. The molecular weight excluding hydrogens is 481 g/mol. The molecule has 3 N–H and O–H groups in total. The van der Waals surface area contributed by atoms with Crippen LogP contribution in [-0.2, 0) is 4.74 Å². The number of fused-ring (bicyclic) bond motifs is 1. The van der Waals surface area contributed by atoms with E-state index < -0.39 is 5.95 Å². The number of nitrogens with zero attached hydrogens (tertiary/aromatic N) is 5. The van der Waals surface area contributed by atoms with E-state index in [1.807, 2.05) is 12.1 Å². The molecule has 3 aromatic rings. The Bertz CT molecular complexity index is 1260. The average molecular weight is 520 g/mol. The molecule has 8 nitrogen and oxygen atoms in total. The molecule has 3 fully saturated rings. The highest BCUT2D eigenvalue weighted by Gasteiger charge is 2.41. The number of morpholine rings is 1. The summed E-state index contributed by atoms with van der Waals surface area (Å²) in [6.07, 6.45) is 11.6. The second-order valence-corrected chi connectivity index (χ2v) is 11.1. The summed E-state index contributed by atoms with van der Waals surface area (Å²) in [6.45, 7) is 7.18. The summed E-state index contributed by atoms with van der Waals surface area (Å²) in [5.41, 5.74) is 8.30. The first-order chi connectivity index (χ1) is 18.6. The molecule has 1 aromatic carbocycles. The Kier molecular flexibility index (Phi) is 7.41. The number of nitrogens with one attached hydrogen (secondary N) is 1. The van der Waals surface area contributed by atoms with Crippen molar-refractivity contribution < 1.29 is 9.13 Å². The molecule has 1 unspecified atom stereocenters. The Morgan fingerprint density at radius 2 is 1.84 bits per heavy atom. The normalized spacial score (nSPS) is 22.9. The number of anilines is 2. The lowest BCUT2D eigenvalue weighted by molar-refractivity contribution is 0.00146. The zero-order valence-electron chi connectivity index (χ0n) is 22.0. The van der Waals surface area contributed by atoms with Crippen molar-refractivity contribution in [3.05, 3.63) is 42.7 Å². The van der Waals surface area contributed by atoms with Crippen LogP contribution in [0.1, 0.15) is 44.9 Å². The third-order valence-corrected chi connectivity index (χ3v) is 8.61. The zero-order valence-corrected chi connectivity index (χ0v) is 22.0. The molecule has 1 saturated carbocycles. The number of likely N-dealkylation sites (tertiary alicyclic amines) is 1. The lowest BCUT2D eigenvalue weighted by Gasteiger charge is -2.50. The highest BCUT2D eigenvalue weighted by Crippen LogP contribution is 2.39. The Morgan fingerprint density at radius 1 is 1.00 bits per heavy atom. The number of aromatic nitrogens is 3. The fraction of sp³-hybridized carbons (Fsp3) is 0.552. The minimum Gasteiger partial charge on any atom is -0.395 e. The number of nitrogen functional groups attached to an aromatic ring is 1. The monoisotopic (exact) mass is 519 g/mol. The molecule has 202 valence electrons. The number of benzene rings is 1. The third-order valence-electron chi connectivity index (χ3n) is 8.61. The summed E-state index contributed by atoms with van der Waals surface area (Å²) in [7, 11) is 0. The molecule has 0 spiro atoms. The molecule has 2 aromatic heterocycles. The standard InChI is InChI=1S/C29H38FN7O/c30-27-25(31)16-23(17-32-27)22-6-7-26-24(15-22)28(34-20-33-26)35-29(8-2-1-3-9-29)37-10-4-5-21(19-37)18-36-11-13-38-14-12-36/h6-7,15-17,20-21H,1-5,8-14,18-19,31H2,(H,33,34,35). The van der Waals surface area contributed by atoms with Gasteiger partial charge in [0.1, 0.15) is 12.1 Å². The number of piperidine rings is 1. The Hall–Kier alpha value is -2.88. The third kappa shape index (κ3) is 5.32. The lowest BCUT2D eigenvalue weighted by Crippen LogP contribution is -2.59. The molecule has 4 heterocycles. The average Bonchev–Trinajstić information content (AvgIpc) is 2.96. The van der Waals surface area contributed by atoms with Gasteiger partial charge in [-0.2, -0.15) is 4.39 Å². The van der Waals surface area contributed by atoms with Crippen LogP contribution in [-0.4, -0.2) is 76.4 Å². The van der Waals surface area contributed by atoms with Crippen LogP contribution in [0.25, 0.3) is 22.0 Å². The van der Waals surface area contributed by atoms with E-state index in [9.17, 15) is 4.39 Å². The second kappa shape index (κ2) is 11.1. The van der Waals surface area contributed by atoms with Crippen LogP contribution < -0.4 is 11.1 Å². The van der Waals surface area contributed by atoms with Crippen LogP contribution in [0, 0.1) is 11.9 Å². The quantitative estimate of drug-likeness (QED) is 0.459. The number of hydrogen-bond acceptors (Lipinski definition) is 8. The fourth-order valence-electron chi connectivity index (χ4n) is 6.59. The smallest absolute Gasteiger partial charge is 0.236 e. The van der Waals surface area contributed by atoms with Gasteiger partial charge in [-0.1, -0.05) is 12.5 Å². The van der Waals surface area contributed by atoms with Crippen molar-refractivity contribution in [1.29, 1.82) is 0 Å². The number of pyridine rings is 1. The summed E-state index contributed by atoms with van der Waals surface area (Å²) in [5.74, 6) is 0.887. The molecule has 6 rings (SSSR count). The fourth-order valence-corrected chi connectivity index (χ4v) is 6.59. The number of hydrogen-bond donors (Lipinski definition) is 2. The Balaban J connectivity index is 1.29. The van der Waals surface area contributed by atoms with Crippen molar-refractivity contribution in [1.82, 2.24) is 24.8 Å². The first-order valence-electron chi connectivity index (χ1n) is 14.1. The summed E-state index contributed by atoms with van der Waals surface area (Å²) in [6, 6.07) is 7.67. The molecule has 2 aliphatic heterocycles. The van der Waals surface area contributed by atoms with Crippen LogP contribution in [0.3, 0.4) is 0 Å². The number of halogens is 1. The predicted molar refractivity (Wildman–Crippen MR) is 148 cm³/mol. The van der Waals surface area contributed by atoms with Crippen molar-refractivity contribution >= 4 is 22.4 Å². The minimum atomic E-state index is -0.645. The number of nitrogens with two attached hydrogens (primary N) is 1. The molecule has 2 saturated heterocycles. The van der Waals surface area contributed by atoms with E-state index in [0.717, 1.165) is 86.6 Å². The van der Waals surface area contributed by atoms with Crippen molar-refractivity contribution in [2.45, 2.75) is 50.6 Å². The van der Waals surface area contributed by atoms with Crippen molar-refractivity contribution in [3.8, 4) is 11.1 Å². The molecule has 1 aliphatic carbocycles. The van der Waals surface area contributed by atoms with Gasteiger partial charge in [0.25, 0.3) is 0 Å². The molecule has 9 heteroatoms. The summed E-state index contributed by atoms with van der Waals surface area (Å²) >= 11 is 0. The summed E-state index contributed by atoms with van der Waals surface area (Å²) in [5, 5.41) is 4.93. The topological polar surface area (TPSA) is 92.4 Å². The summed E-state index contributed by atoms with van der Waals surface area (Å²) in [4.78, 5) is 18.4. The maximum absolute atomic E-state index is 13.7. The van der Waals surface area contributed by atoms with E-state index >= 15 is 0 Å². The second-order valence-electron chi connectivity index (χ2n) is 11.1. The first kappa shape index (κ1) is 25.4. The van der Waals surface area contributed by atoms with Gasteiger partial charge in [-0.05, 0) is 68.2 Å². The molecule has 1 atom stereocenters. The van der Waals surface area contributed by atoms with Crippen molar-refractivity contribution in [3.63, 3.8) is 0 Å². The van der Waals surface area contributed by atoms with E-state index in [-0.39, 0.29) is 11.4 Å². The van der Waals surface area contributed by atoms with Gasteiger partial charge in [0.15, 0.2) is 0 Å². The van der Waals surface area contributed by atoms with Crippen LogP contribution in [0.15, 0.2) is 36.8 Å². The molecular formula is C29H38FN7O. The van der Waals surface area contributed by atoms with Gasteiger partial charge in [0.2, 0.25) is 5.95 Å². The Labute approximate surface area is 223 Å². The molecule has 38 heavy (non-hydrogen) atoms. The van der Waals surface area contributed by atoms with Crippen molar-refractivity contribution in [2.24, 2.45) is 5.92 Å². The highest BCUT2D eigenvalue weighted by molar-refractivity contribution is 5.92. The van der Waals surface area contributed by atoms with Crippen LogP contribution >= 0.6 is 0 Å². The SMILES string of the molecule is Nc1cc(-c2ccc3ncnc(NC4(N5CCCC(CN6CCOCC6)C5)CCCCC4)c3c2)cnc1F. The largest absolute Gasteiger partial charge is 0.395 e. The maximum Gasteiger partial charge on any atom is 0.236 e. The molecule has 0 amide bonds. The predicted octanol–water partition coefficient (Wildman–Crippen LogP) is 4.53. The number of ether oxygens (including phenoxy) is 1. The van der Waals surface area contributed by atoms with Crippen LogP contribution in [0.2, 0.25) is 0 Å². The van der Waals surface area contributed by atoms with E-state index in [0.29, 0.717) is 5.92 Å². The van der Waals surface area contributed by atoms with Crippen molar-refractivity contribution in [2.75, 3.05) is 57.0 Å². The molecule has 0 bridgehead atoms. The highest BCUT2D eigenvalue weighted by atomic mass is 19.1. The van der Waals surface area contributed by atoms with Gasteiger partial charge >= 0.3 is 0 Å². The molecule has 0 radical (unpaired) electrons. The lowest BCUT2D eigenvalue weighted by atomic mass is 9.84. The van der Waals surface area contributed by atoms with Gasteiger partial charge in [-0.25, -0.2) is 15.0 Å². The van der Waals surface area contributed by atoms with Gasteiger partial charge in [-0.3, -0.25) is 9.80 Å². The Morgan fingerprint density at radius 3 is 2.66 bits per heavy atom. The van der Waals surface area contributed by atoms with Gasteiger partial charge in [0.05, 0.1) is 30.1 Å². The zero-order chi connectivity index (χ0) is 26.0. The van der Waals surface area contributed by atoms with Crippen LogP contribution in [0.4, 0.5) is 15.9 Å². The van der Waals surface area contributed by atoms with Gasteiger partial charge < -0.3 is 15.8 Å². The molecule has 3 aliphatic rings. The van der Waals surface area contributed by atoms with Crippen LogP contribution in [0.5, 0.6) is 0 Å². The van der Waals surface area contributed by atoms with E-state index in [1.54, 1.807) is 12.4 Å². The maximum atomic E-state index is 13.7. The summed E-state index contributed by atoms with van der Waals surface area (Å²) < 4.78 is 19.3. The van der Waals surface area contributed by atoms with Gasteiger partial charge in [-0.15, -0.1) is 0 Å².